The molecule has 1 amide bonds. The number of H-pyrrole nitrogens is 1. The van der Waals surface area contributed by atoms with Crippen molar-refractivity contribution in [3.63, 3.8) is 0 Å². The number of rotatable bonds is 4. The summed E-state index contributed by atoms with van der Waals surface area (Å²) in [6.45, 7) is 5.47. The van der Waals surface area contributed by atoms with Crippen LogP contribution in [0, 0.1) is 13.8 Å². The number of anilines is 2. The van der Waals surface area contributed by atoms with Crippen LogP contribution in [-0.2, 0) is 17.6 Å². The molecule has 1 aliphatic heterocycles. The Morgan fingerprint density at radius 3 is 2.97 bits per heavy atom. The lowest BCUT2D eigenvalue weighted by molar-refractivity contribution is -0.0249. The van der Waals surface area contributed by atoms with E-state index >= 15 is 0 Å². The highest BCUT2D eigenvalue weighted by molar-refractivity contribution is 5.94. The molecular formula is C25H30N6O2. The smallest absolute Gasteiger partial charge is 0.274 e. The van der Waals surface area contributed by atoms with Crippen LogP contribution >= 0.6 is 0 Å². The van der Waals surface area contributed by atoms with Crippen molar-refractivity contribution < 1.29 is 9.53 Å². The van der Waals surface area contributed by atoms with Gasteiger partial charge in [0, 0.05) is 35.4 Å². The minimum absolute atomic E-state index is 0.0159. The van der Waals surface area contributed by atoms with Gasteiger partial charge in [-0.15, -0.1) is 0 Å². The van der Waals surface area contributed by atoms with Gasteiger partial charge in [-0.3, -0.25) is 14.9 Å². The summed E-state index contributed by atoms with van der Waals surface area (Å²) in [4.78, 5) is 24.4. The van der Waals surface area contributed by atoms with E-state index < -0.39 is 0 Å². The maximum Gasteiger partial charge on any atom is 0.274 e. The zero-order valence-corrected chi connectivity index (χ0v) is 19.2. The van der Waals surface area contributed by atoms with Crippen LogP contribution < -0.4 is 5.32 Å². The molecule has 0 bridgehead atoms. The third-order valence-electron chi connectivity index (χ3n) is 6.44. The Kier molecular flexibility index (Phi) is 6.09. The number of nitrogens with one attached hydrogen (secondary N) is 2. The van der Waals surface area contributed by atoms with E-state index in [0.717, 1.165) is 65.4 Å². The molecule has 2 aliphatic rings. The molecule has 172 valence electrons. The Hall–Kier alpha value is -3.26. The van der Waals surface area contributed by atoms with Crippen molar-refractivity contribution in [3.8, 4) is 0 Å². The van der Waals surface area contributed by atoms with Gasteiger partial charge in [0.15, 0.2) is 5.69 Å². The Labute approximate surface area is 193 Å². The summed E-state index contributed by atoms with van der Waals surface area (Å²) in [5, 5.41) is 10.9. The molecule has 5 rings (SSSR count). The highest BCUT2D eigenvalue weighted by Gasteiger charge is 2.31. The maximum atomic E-state index is 13.4. The monoisotopic (exact) mass is 446 g/mol. The zero-order chi connectivity index (χ0) is 22.8. The fraction of sp³-hybridized carbons (Fsp3) is 0.440. The number of amides is 1. The lowest BCUT2D eigenvalue weighted by atomic mass is 10.1. The largest absolute Gasteiger partial charge is 0.368 e. The van der Waals surface area contributed by atoms with E-state index in [-0.39, 0.29) is 12.0 Å². The van der Waals surface area contributed by atoms with Gasteiger partial charge >= 0.3 is 0 Å². The molecular weight excluding hydrogens is 416 g/mol. The Balaban J connectivity index is 1.35. The summed E-state index contributed by atoms with van der Waals surface area (Å²) in [7, 11) is 0. The van der Waals surface area contributed by atoms with Crippen LogP contribution in [0.3, 0.4) is 0 Å². The van der Waals surface area contributed by atoms with Gasteiger partial charge in [-0.2, -0.15) is 5.10 Å². The summed E-state index contributed by atoms with van der Waals surface area (Å²) in [6.07, 6.45) is 6.83. The van der Waals surface area contributed by atoms with E-state index in [1.165, 1.54) is 6.42 Å². The van der Waals surface area contributed by atoms with Crippen molar-refractivity contribution in [1.82, 2.24) is 25.1 Å². The molecule has 3 aromatic rings. The van der Waals surface area contributed by atoms with E-state index in [0.29, 0.717) is 25.4 Å². The van der Waals surface area contributed by atoms with E-state index in [1.54, 1.807) is 6.20 Å². The number of hydrogen-bond donors (Lipinski definition) is 2. The van der Waals surface area contributed by atoms with Gasteiger partial charge in [-0.05, 0) is 63.3 Å². The summed E-state index contributed by atoms with van der Waals surface area (Å²) >= 11 is 0. The number of nitrogens with zero attached hydrogens (tertiary/aromatic N) is 4. The highest BCUT2D eigenvalue weighted by atomic mass is 16.5. The standard InChI is InChI=1S/C25H30N6O2/c1-16-7-6-10-26-24(16)28-18-13-17(2)27-21(14-18)22-15-31(11-12-33-22)25(32)23-19-8-4-3-5-9-20(19)29-30-23/h6-7,10,13-14,22H,3-5,8-9,11-12,15H2,1-2H3,(H,29,30)(H,26,27,28)/t22-/m1/s1. The lowest BCUT2D eigenvalue weighted by Gasteiger charge is -2.32. The number of carbonyl (C=O) groups excluding carboxylic acids is 1. The molecule has 8 nitrogen and oxygen atoms in total. The fourth-order valence-electron chi connectivity index (χ4n) is 4.68. The predicted octanol–water partition coefficient (Wildman–Crippen LogP) is 4.04. The second-order valence-corrected chi connectivity index (χ2v) is 8.92. The van der Waals surface area contributed by atoms with Crippen LogP contribution in [0.5, 0.6) is 0 Å². The Morgan fingerprint density at radius 1 is 1.21 bits per heavy atom. The molecule has 0 spiro atoms. The number of carbonyl (C=O) groups is 1. The van der Waals surface area contributed by atoms with Gasteiger partial charge in [0.05, 0.1) is 18.8 Å². The number of hydrogen-bond acceptors (Lipinski definition) is 6. The maximum absolute atomic E-state index is 13.4. The first-order valence-electron chi connectivity index (χ1n) is 11.7. The molecule has 0 unspecified atom stereocenters. The van der Waals surface area contributed by atoms with Crippen molar-refractivity contribution >= 4 is 17.4 Å². The first-order chi connectivity index (χ1) is 16.1. The third-order valence-corrected chi connectivity index (χ3v) is 6.44. The summed E-state index contributed by atoms with van der Waals surface area (Å²) in [6, 6.07) is 7.92. The third kappa shape index (κ3) is 4.61. The second kappa shape index (κ2) is 9.31. The molecule has 0 saturated carbocycles. The van der Waals surface area contributed by atoms with Gasteiger partial charge in [-0.1, -0.05) is 12.5 Å². The lowest BCUT2D eigenvalue weighted by Crippen LogP contribution is -2.43. The van der Waals surface area contributed by atoms with E-state index in [4.69, 9.17) is 9.72 Å². The molecule has 8 heteroatoms. The molecule has 2 N–H and O–H groups in total. The second-order valence-electron chi connectivity index (χ2n) is 8.92. The highest BCUT2D eigenvalue weighted by Crippen LogP contribution is 2.28. The summed E-state index contributed by atoms with van der Waals surface area (Å²) in [5.41, 5.74) is 6.48. The number of pyridine rings is 2. The SMILES string of the molecule is Cc1cc(Nc2ncccc2C)cc([C@H]2CN(C(=O)c3n[nH]c4c3CCCCC4)CCO2)n1. The first-order valence-corrected chi connectivity index (χ1v) is 11.7. The molecule has 0 aromatic carbocycles. The number of aryl methyl sites for hydroxylation is 3. The van der Waals surface area contributed by atoms with Crippen molar-refractivity contribution in [1.29, 1.82) is 0 Å². The zero-order valence-electron chi connectivity index (χ0n) is 19.2. The summed E-state index contributed by atoms with van der Waals surface area (Å²) in [5.74, 6) is 0.799. The Morgan fingerprint density at radius 2 is 2.09 bits per heavy atom. The minimum atomic E-state index is -0.287. The van der Waals surface area contributed by atoms with Gasteiger partial charge < -0.3 is 15.0 Å². The van der Waals surface area contributed by atoms with Crippen LogP contribution in [-0.4, -0.2) is 50.7 Å². The number of aromatic amines is 1. The van der Waals surface area contributed by atoms with Crippen LogP contribution in [0.15, 0.2) is 30.5 Å². The van der Waals surface area contributed by atoms with Crippen molar-refractivity contribution in [2.75, 3.05) is 25.0 Å². The van der Waals surface area contributed by atoms with E-state index in [9.17, 15) is 4.79 Å². The number of fused-ring (bicyclic) bond motifs is 1. The molecule has 1 atom stereocenters. The molecule has 33 heavy (non-hydrogen) atoms. The van der Waals surface area contributed by atoms with Crippen LogP contribution in [0.25, 0.3) is 0 Å². The number of ether oxygens (including phenoxy) is 1. The van der Waals surface area contributed by atoms with Crippen molar-refractivity contribution in [2.45, 2.75) is 52.1 Å². The van der Waals surface area contributed by atoms with Crippen LogP contribution in [0.4, 0.5) is 11.5 Å². The van der Waals surface area contributed by atoms with Gasteiger partial charge in [-0.25, -0.2) is 4.98 Å². The molecule has 3 aromatic heterocycles. The number of morpholine rings is 1. The van der Waals surface area contributed by atoms with E-state index in [1.807, 2.05) is 43.0 Å². The average molecular weight is 447 g/mol. The molecule has 1 saturated heterocycles. The summed E-state index contributed by atoms with van der Waals surface area (Å²) < 4.78 is 6.05. The Bertz CT molecular complexity index is 1160. The minimum Gasteiger partial charge on any atom is -0.368 e. The first kappa shape index (κ1) is 21.6. The molecule has 4 heterocycles. The van der Waals surface area contributed by atoms with Gasteiger partial charge in [0.25, 0.3) is 5.91 Å². The van der Waals surface area contributed by atoms with Gasteiger partial charge in [0.1, 0.15) is 11.9 Å². The number of aromatic nitrogens is 4. The van der Waals surface area contributed by atoms with Crippen LogP contribution in [0.1, 0.15) is 64.1 Å². The van der Waals surface area contributed by atoms with E-state index in [2.05, 4.69) is 20.5 Å². The molecule has 0 radical (unpaired) electrons. The quantitative estimate of drug-likeness (QED) is 0.587. The topological polar surface area (TPSA) is 96.0 Å². The van der Waals surface area contributed by atoms with Crippen LogP contribution in [0.2, 0.25) is 0 Å². The predicted molar refractivity (Wildman–Crippen MR) is 126 cm³/mol. The van der Waals surface area contributed by atoms with Gasteiger partial charge in [0.2, 0.25) is 0 Å². The molecule has 1 aliphatic carbocycles. The fourth-order valence-corrected chi connectivity index (χ4v) is 4.68. The molecule has 1 fully saturated rings. The average Bonchev–Trinajstić information content (AvgIpc) is 3.07. The normalized spacial score (nSPS) is 18.5. The van der Waals surface area contributed by atoms with Crippen molar-refractivity contribution in [2.24, 2.45) is 0 Å². The van der Waals surface area contributed by atoms with Crippen molar-refractivity contribution in [3.05, 3.63) is 64.4 Å².